The largest absolute Gasteiger partial charge is 0.344 e. The average molecular weight is 267 g/mol. The van der Waals surface area contributed by atoms with Gasteiger partial charge in [0.25, 0.3) is 0 Å². The van der Waals surface area contributed by atoms with Crippen molar-refractivity contribution in [3.05, 3.63) is 0 Å². The molecule has 3 N–H and O–H groups in total. The second-order valence-electron chi connectivity index (χ2n) is 6.00. The van der Waals surface area contributed by atoms with Crippen LogP contribution in [0.25, 0.3) is 0 Å². The molecule has 0 aromatic carbocycles. The van der Waals surface area contributed by atoms with Crippen molar-refractivity contribution in [2.45, 2.75) is 57.0 Å². The van der Waals surface area contributed by atoms with Crippen LogP contribution in [-0.4, -0.2) is 42.4 Å². The summed E-state index contributed by atoms with van der Waals surface area (Å²) in [5.74, 6) is 0.622. The minimum absolute atomic E-state index is 0.00722. The zero-order valence-electron chi connectivity index (χ0n) is 11.7. The normalized spacial score (nSPS) is 31.6. The maximum absolute atomic E-state index is 11.9. The topological polar surface area (TPSA) is 75.4 Å². The highest BCUT2D eigenvalue weighted by Crippen LogP contribution is 2.26. The van der Waals surface area contributed by atoms with E-state index in [1.165, 1.54) is 12.8 Å². The van der Waals surface area contributed by atoms with Gasteiger partial charge in [0.1, 0.15) is 6.04 Å². The lowest BCUT2D eigenvalue weighted by atomic mass is 9.83. The molecule has 0 bridgehead atoms. The van der Waals surface area contributed by atoms with Crippen LogP contribution < -0.4 is 11.1 Å². The van der Waals surface area contributed by atoms with E-state index < -0.39 is 0 Å². The van der Waals surface area contributed by atoms with E-state index in [0.717, 1.165) is 32.2 Å². The number of hydrogen-bond donors (Lipinski definition) is 2. The Morgan fingerprint density at radius 3 is 2.84 bits per heavy atom. The monoisotopic (exact) mass is 267 g/mol. The number of nitrogens with one attached hydrogen (secondary N) is 1. The lowest BCUT2D eigenvalue weighted by Crippen LogP contribution is -2.40. The molecule has 2 amide bonds. The van der Waals surface area contributed by atoms with Gasteiger partial charge < -0.3 is 16.0 Å². The predicted molar refractivity (Wildman–Crippen MR) is 73.4 cm³/mol. The van der Waals surface area contributed by atoms with Crippen LogP contribution in [0.4, 0.5) is 0 Å². The second kappa shape index (κ2) is 6.37. The maximum atomic E-state index is 11.9. The van der Waals surface area contributed by atoms with Crippen LogP contribution in [0.5, 0.6) is 0 Å². The van der Waals surface area contributed by atoms with E-state index in [1.54, 1.807) is 11.9 Å². The van der Waals surface area contributed by atoms with E-state index >= 15 is 0 Å². The molecule has 0 spiro atoms. The van der Waals surface area contributed by atoms with Gasteiger partial charge in [-0.05, 0) is 31.6 Å². The number of amides is 2. The van der Waals surface area contributed by atoms with E-state index in [0.29, 0.717) is 18.4 Å². The van der Waals surface area contributed by atoms with Gasteiger partial charge in [0.2, 0.25) is 11.8 Å². The van der Waals surface area contributed by atoms with Gasteiger partial charge in [-0.15, -0.1) is 0 Å². The molecule has 2 fully saturated rings. The molecule has 0 radical (unpaired) electrons. The molecule has 1 heterocycles. The summed E-state index contributed by atoms with van der Waals surface area (Å²) in [6.07, 6.45) is 6.67. The number of likely N-dealkylation sites (tertiary alicyclic amines) is 1. The first-order valence-electron chi connectivity index (χ1n) is 7.36. The van der Waals surface area contributed by atoms with E-state index in [1.807, 2.05) is 0 Å². The van der Waals surface area contributed by atoms with Crippen LogP contribution in [0, 0.1) is 5.92 Å². The Balaban J connectivity index is 1.68. The zero-order chi connectivity index (χ0) is 13.8. The molecule has 3 unspecified atom stereocenters. The molecule has 19 heavy (non-hydrogen) atoms. The molecule has 1 aliphatic carbocycles. The van der Waals surface area contributed by atoms with Crippen molar-refractivity contribution in [3.8, 4) is 0 Å². The number of likely N-dealkylation sites (N-methyl/N-ethyl adjacent to an activating group) is 1. The van der Waals surface area contributed by atoms with Gasteiger partial charge in [-0.25, -0.2) is 0 Å². The number of carbonyl (C=O) groups is 2. The highest BCUT2D eigenvalue weighted by molar-refractivity contribution is 5.88. The summed E-state index contributed by atoms with van der Waals surface area (Å²) in [7, 11) is 1.78. The average Bonchev–Trinajstić information content (AvgIpc) is 2.69. The molecule has 1 saturated carbocycles. The molecule has 2 rings (SSSR count). The smallest absolute Gasteiger partial charge is 0.244 e. The summed E-state index contributed by atoms with van der Waals surface area (Å²) in [4.78, 5) is 25.2. The van der Waals surface area contributed by atoms with Gasteiger partial charge in [-0.2, -0.15) is 0 Å². The van der Waals surface area contributed by atoms with Gasteiger partial charge >= 0.3 is 0 Å². The van der Waals surface area contributed by atoms with Crippen LogP contribution in [0.1, 0.15) is 44.9 Å². The van der Waals surface area contributed by atoms with Crippen molar-refractivity contribution in [2.75, 3.05) is 13.6 Å². The van der Waals surface area contributed by atoms with Gasteiger partial charge in [-0.1, -0.05) is 12.8 Å². The van der Waals surface area contributed by atoms with Crippen LogP contribution >= 0.6 is 0 Å². The van der Waals surface area contributed by atoms with Crippen LogP contribution in [-0.2, 0) is 9.59 Å². The Hall–Kier alpha value is -1.10. The molecule has 5 nitrogen and oxygen atoms in total. The molecular weight excluding hydrogens is 242 g/mol. The number of nitrogens with two attached hydrogens (primary N) is 1. The third-order valence-electron chi connectivity index (χ3n) is 4.37. The van der Waals surface area contributed by atoms with Gasteiger partial charge in [0.05, 0.1) is 0 Å². The minimum atomic E-state index is -0.300. The fourth-order valence-corrected chi connectivity index (χ4v) is 3.15. The zero-order valence-corrected chi connectivity index (χ0v) is 11.7. The summed E-state index contributed by atoms with van der Waals surface area (Å²) in [6, 6.07) is 0.0120. The summed E-state index contributed by atoms with van der Waals surface area (Å²) in [5, 5.41) is 2.85. The summed E-state index contributed by atoms with van der Waals surface area (Å²) >= 11 is 0. The van der Waals surface area contributed by atoms with Gasteiger partial charge in [0.15, 0.2) is 0 Å². The Labute approximate surface area is 114 Å². The van der Waals surface area contributed by atoms with Gasteiger partial charge in [-0.3, -0.25) is 9.59 Å². The highest BCUT2D eigenvalue weighted by atomic mass is 16.2. The standard InChI is InChI=1S/C14H25N3O2/c1-17-8-7-12(14(17)19)16-13(18)6-5-10-3-2-4-11(15)9-10/h10-12H,2-9,15H2,1H3,(H,16,18). The quantitative estimate of drug-likeness (QED) is 0.784. The van der Waals surface area contributed by atoms with Crippen molar-refractivity contribution in [3.63, 3.8) is 0 Å². The molecule has 0 aromatic rings. The van der Waals surface area contributed by atoms with Crippen molar-refractivity contribution < 1.29 is 9.59 Å². The molecular formula is C14H25N3O2. The van der Waals surface area contributed by atoms with Crippen molar-refractivity contribution in [2.24, 2.45) is 11.7 Å². The first-order valence-corrected chi connectivity index (χ1v) is 7.36. The maximum Gasteiger partial charge on any atom is 0.244 e. The van der Waals surface area contributed by atoms with E-state index in [-0.39, 0.29) is 17.9 Å². The third-order valence-corrected chi connectivity index (χ3v) is 4.37. The van der Waals surface area contributed by atoms with Crippen LogP contribution in [0.2, 0.25) is 0 Å². The summed E-state index contributed by atoms with van der Waals surface area (Å²) < 4.78 is 0. The molecule has 2 aliphatic rings. The molecule has 0 aromatic heterocycles. The first-order chi connectivity index (χ1) is 9.06. The number of rotatable bonds is 4. The molecule has 1 aliphatic heterocycles. The fraction of sp³-hybridized carbons (Fsp3) is 0.857. The second-order valence-corrected chi connectivity index (χ2v) is 6.00. The Morgan fingerprint density at radius 1 is 1.42 bits per heavy atom. The lowest BCUT2D eigenvalue weighted by molar-refractivity contribution is -0.131. The first kappa shape index (κ1) is 14.3. The molecule has 5 heteroatoms. The van der Waals surface area contributed by atoms with Gasteiger partial charge in [0, 0.05) is 26.1 Å². The predicted octanol–water partition coefficient (Wildman–Crippen LogP) is 0.631. The van der Waals surface area contributed by atoms with Crippen molar-refractivity contribution in [1.82, 2.24) is 10.2 Å². The van der Waals surface area contributed by atoms with Crippen LogP contribution in [0.15, 0.2) is 0 Å². The fourth-order valence-electron chi connectivity index (χ4n) is 3.15. The Morgan fingerprint density at radius 2 is 2.21 bits per heavy atom. The van der Waals surface area contributed by atoms with Crippen LogP contribution in [0.3, 0.4) is 0 Å². The van der Waals surface area contributed by atoms with E-state index in [9.17, 15) is 9.59 Å². The molecule has 108 valence electrons. The highest BCUT2D eigenvalue weighted by Gasteiger charge is 2.30. The summed E-state index contributed by atoms with van der Waals surface area (Å²) in [6.45, 7) is 0.737. The number of hydrogen-bond acceptors (Lipinski definition) is 3. The minimum Gasteiger partial charge on any atom is -0.344 e. The Bertz CT molecular complexity index is 346. The van der Waals surface area contributed by atoms with Crippen molar-refractivity contribution >= 4 is 11.8 Å². The third kappa shape index (κ3) is 3.93. The van der Waals surface area contributed by atoms with Crippen molar-refractivity contribution in [1.29, 1.82) is 0 Å². The summed E-state index contributed by atoms with van der Waals surface area (Å²) in [5.41, 5.74) is 5.95. The lowest BCUT2D eigenvalue weighted by Gasteiger charge is -2.26. The molecule has 1 saturated heterocycles. The number of nitrogens with zero attached hydrogens (tertiary/aromatic N) is 1. The van der Waals surface area contributed by atoms with E-state index in [2.05, 4.69) is 5.32 Å². The Kier molecular flexibility index (Phi) is 4.80. The van der Waals surface area contributed by atoms with E-state index in [4.69, 9.17) is 5.73 Å². The SMILES string of the molecule is CN1CCC(NC(=O)CCC2CCCC(N)C2)C1=O. The number of carbonyl (C=O) groups excluding carboxylic acids is 2. The molecule has 3 atom stereocenters.